The van der Waals surface area contributed by atoms with Crippen molar-refractivity contribution in [2.75, 3.05) is 38.1 Å². The maximum atomic E-state index is 4.59. The number of fused-ring (bicyclic) bond motifs is 1. The van der Waals surface area contributed by atoms with E-state index in [9.17, 15) is 0 Å². The lowest BCUT2D eigenvalue weighted by molar-refractivity contribution is 0.312. The third-order valence-electron chi connectivity index (χ3n) is 3.16. The van der Waals surface area contributed by atoms with Crippen molar-refractivity contribution < 1.29 is 0 Å². The maximum Gasteiger partial charge on any atom is 0.150 e. The molecule has 0 aliphatic carbocycles. The SMILES string of the molecule is CN1CCN(c2nsc3ccccc23)CC1.Cl. The van der Waals surface area contributed by atoms with Crippen molar-refractivity contribution >= 4 is 39.8 Å². The standard InChI is InChI=1S/C12H15N3S.ClH/c1-14-6-8-15(9-7-14)12-10-4-2-3-5-11(10)16-13-12;/h2-5H,6-9H2,1H3;1H. The van der Waals surface area contributed by atoms with Crippen molar-refractivity contribution in [3.8, 4) is 0 Å². The molecule has 1 aliphatic heterocycles. The minimum Gasteiger partial charge on any atom is -0.353 e. The van der Waals surface area contributed by atoms with Crippen LogP contribution in [0.2, 0.25) is 0 Å². The van der Waals surface area contributed by atoms with Gasteiger partial charge in [-0.15, -0.1) is 12.4 Å². The molecular weight excluding hydrogens is 254 g/mol. The van der Waals surface area contributed by atoms with Crippen molar-refractivity contribution in [1.29, 1.82) is 0 Å². The van der Waals surface area contributed by atoms with E-state index in [1.807, 2.05) is 0 Å². The van der Waals surface area contributed by atoms with Crippen molar-refractivity contribution in [3.63, 3.8) is 0 Å². The van der Waals surface area contributed by atoms with Gasteiger partial charge in [0.1, 0.15) is 5.82 Å². The van der Waals surface area contributed by atoms with Gasteiger partial charge in [0.2, 0.25) is 0 Å². The Kier molecular flexibility index (Phi) is 3.86. The Labute approximate surface area is 112 Å². The van der Waals surface area contributed by atoms with Crippen LogP contribution in [0.4, 0.5) is 5.82 Å². The van der Waals surface area contributed by atoms with E-state index in [4.69, 9.17) is 0 Å². The Bertz CT molecular complexity index is 491. The quantitative estimate of drug-likeness (QED) is 0.793. The summed E-state index contributed by atoms with van der Waals surface area (Å²) in [6, 6.07) is 8.49. The third-order valence-corrected chi connectivity index (χ3v) is 3.98. The molecule has 5 heteroatoms. The van der Waals surface area contributed by atoms with Gasteiger partial charge in [0.15, 0.2) is 0 Å². The van der Waals surface area contributed by atoms with E-state index in [2.05, 4.69) is 45.5 Å². The number of piperazine rings is 1. The summed E-state index contributed by atoms with van der Waals surface area (Å²) in [4.78, 5) is 4.77. The topological polar surface area (TPSA) is 19.4 Å². The molecule has 0 spiro atoms. The molecule has 0 amide bonds. The van der Waals surface area contributed by atoms with Gasteiger partial charge in [0.05, 0.1) is 4.70 Å². The van der Waals surface area contributed by atoms with Crippen molar-refractivity contribution in [2.45, 2.75) is 0 Å². The highest BCUT2D eigenvalue weighted by atomic mass is 35.5. The second kappa shape index (κ2) is 5.21. The number of hydrogen-bond acceptors (Lipinski definition) is 4. The summed E-state index contributed by atoms with van der Waals surface area (Å²) in [5.41, 5.74) is 0. The number of rotatable bonds is 1. The van der Waals surface area contributed by atoms with E-state index in [0.717, 1.165) is 26.2 Å². The number of benzene rings is 1. The molecule has 1 saturated heterocycles. The summed E-state index contributed by atoms with van der Waals surface area (Å²) >= 11 is 1.60. The van der Waals surface area contributed by atoms with Gasteiger partial charge in [-0.05, 0) is 30.7 Å². The molecule has 3 nitrogen and oxygen atoms in total. The van der Waals surface area contributed by atoms with Crippen LogP contribution in [0, 0.1) is 0 Å². The number of hydrogen-bond donors (Lipinski definition) is 0. The second-order valence-electron chi connectivity index (χ2n) is 4.29. The van der Waals surface area contributed by atoms with Gasteiger partial charge in [-0.25, -0.2) is 0 Å². The normalized spacial score (nSPS) is 17.1. The number of likely N-dealkylation sites (N-methyl/N-ethyl adjacent to an activating group) is 1. The van der Waals surface area contributed by atoms with E-state index in [1.54, 1.807) is 11.5 Å². The minimum atomic E-state index is 0. The average molecular weight is 270 g/mol. The zero-order chi connectivity index (χ0) is 11.0. The molecule has 92 valence electrons. The lowest BCUT2D eigenvalue weighted by Gasteiger charge is -2.32. The molecule has 3 rings (SSSR count). The van der Waals surface area contributed by atoms with E-state index in [-0.39, 0.29) is 12.4 Å². The fraction of sp³-hybridized carbons (Fsp3) is 0.417. The van der Waals surface area contributed by atoms with Gasteiger partial charge in [-0.3, -0.25) is 0 Å². The molecule has 17 heavy (non-hydrogen) atoms. The Morgan fingerprint density at radius 1 is 1.12 bits per heavy atom. The Morgan fingerprint density at radius 3 is 2.59 bits per heavy atom. The Balaban J connectivity index is 0.00000108. The van der Waals surface area contributed by atoms with Crippen molar-refractivity contribution in [2.24, 2.45) is 0 Å². The summed E-state index contributed by atoms with van der Waals surface area (Å²) in [5.74, 6) is 1.17. The molecule has 0 atom stereocenters. The summed E-state index contributed by atoms with van der Waals surface area (Å²) in [5, 5.41) is 1.30. The third kappa shape index (κ3) is 2.39. The fourth-order valence-corrected chi connectivity index (χ4v) is 2.91. The zero-order valence-corrected chi connectivity index (χ0v) is 11.4. The molecule has 0 saturated carbocycles. The van der Waals surface area contributed by atoms with Crippen molar-refractivity contribution in [3.05, 3.63) is 24.3 Å². The lowest BCUT2D eigenvalue weighted by atomic mass is 10.2. The molecule has 0 radical (unpaired) electrons. The van der Waals surface area contributed by atoms with Gasteiger partial charge in [-0.1, -0.05) is 12.1 Å². The molecule has 1 aromatic heterocycles. The predicted octanol–water partition coefficient (Wildman–Crippen LogP) is 2.47. The number of nitrogens with zero attached hydrogens (tertiary/aromatic N) is 3. The summed E-state index contributed by atoms with van der Waals surface area (Å²) in [7, 11) is 2.18. The maximum absolute atomic E-state index is 4.59. The number of halogens is 1. The highest BCUT2D eigenvalue weighted by Gasteiger charge is 2.18. The molecular formula is C12H16ClN3S. The van der Waals surface area contributed by atoms with Crippen LogP contribution in [0.3, 0.4) is 0 Å². The molecule has 0 bridgehead atoms. The molecule has 2 aromatic rings. The molecule has 0 unspecified atom stereocenters. The van der Waals surface area contributed by atoms with Gasteiger partial charge < -0.3 is 9.80 Å². The fourth-order valence-electron chi connectivity index (χ4n) is 2.12. The van der Waals surface area contributed by atoms with E-state index >= 15 is 0 Å². The van der Waals surface area contributed by atoms with Crippen LogP contribution in [0.25, 0.3) is 10.1 Å². The summed E-state index contributed by atoms with van der Waals surface area (Å²) in [6.45, 7) is 4.44. The Hall–Kier alpha value is -0.840. The van der Waals surface area contributed by atoms with Gasteiger partial charge in [0.25, 0.3) is 0 Å². The average Bonchev–Trinajstić information content (AvgIpc) is 2.74. The first-order chi connectivity index (χ1) is 7.84. The first kappa shape index (κ1) is 12.6. The minimum absolute atomic E-state index is 0. The van der Waals surface area contributed by atoms with Crippen LogP contribution >= 0.6 is 23.9 Å². The van der Waals surface area contributed by atoms with Gasteiger partial charge >= 0.3 is 0 Å². The van der Waals surface area contributed by atoms with Crippen LogP contribution in [0.5, 0.6) is 0 Å². The van der Waals surface area contributed by atoms with Crippen LogP contribution in [0.15, 0.2) is 24.3 Å². The predicted molar refractivity (Wildman–Crippen MR) is 76.6 cm³/mol. The highest BCUT2D eigenvalue weighted by molar-refractivity contribution is 7.13. The summed E-state index contributed by atoms with van der Waals surface area (Å²) in [6.07, 6.45) is 0. The largest absolute Gasteiger partial charge is 0.353 e. The highest BCUT2D eigenvalue weighted by Crippen LogP contribution is 2.29. The monoisotopic (exact) mass is 269 g/mol. The molecule has 1 fully saturated rings. The second-order valence-corrected chi connectivity index (χ2v) is 5.10. The van der Waals surface area contributed by atoms with E-state index in [0.29, 0.717) is 0 Å². The lowest BCUT2D eigenvalue weighted by Crippen LogP contribution is -2.44. The van der Waals surface area contributed by atoms with E-state index in [1.165, 1.54) is 15.9 Å². The van der Waals surface area contributed by atoms with Gasteiger partial charge in [0, 0.05) is 31.6 Å². The van der Waals surface area contributed by atoms with Crippen LogP contribution in [-0.2, 0) is 0 Å². The van der Waals surface area contributed by atoms with Crippen molar-refractivity contribution in [1.82, 2.24) is 9.27 Å². The number of anilines is 1. The molecule has 1 aromatic carbocycles. The Morgan fingerprint density at radius 2 is 1.82 bits per heavy atom. The smallest absolute Gasteiger partial charge is 0.150 e. The van der Waals surface area contributed by atoms with Crippen LogP contribution < -0.4 is 4.90 Å². The molecule has 0 N–H and O–H groups in total. The first-order valence-electron chi connectivity index (χ1n) is 5.62. The van der Waals surface area contributed by atoms with E-state index < -0.39 is 0 Å². The first-order valence-corrected chi connectivity index (χ1v) is 6.40. The number of aromatic nitrogens is 1. The summed E-state index contributed by atoms with van der Waals surface area (Å²) < 4.78 is 5.88. The molecule has 1 aliphatic rings. The van der Waals surface area contributed by atoms with Crippen LogP contribution in [-0.4, -0.2) is 42.5 Å². The van der Waals surface area contributed by atoms with Crippen LogP contribution in [0.1, 0.15) is 0 Å². The zero-order valence-electron chi connectivity index (χ0n) is 9.80. The van der Waals surface area contributed by atoms with Gasteiger partial charge in [-0.2, -0.15) is 4.37 Å². The molecule has 2 heterocycles.